The summed E-state index contributed by atoms with van der Waals surface area (Å²) in [7, 11) is 3.48. The van der Waals surface area contributed by atoms with Crippen LogP contribution in [0.1, 0.15) is 25.7 Å². The fourth-order valence-electron chi connectivity index (χ4n) is 1.27. The summed E-state index contributed by atoms with van der Waals surface area (Å²) in [5.41, 5.74) is 0. The Labute approximate surface area is 96.6 Å². The van der Waals surface area contributed by atoms with Crippen molar-refractivity contribution in [2.45, 2.75) is 31.7 Å². The number of hydrogen-bond acceptors (Lipinski definition) is 3. The number of rotatable bonds is 7. The summed E-state index contributed by atoms with van der Waals surface area (Å²) in [6.07, 6.45) is 3.22. The van der Waals surface area contributed by atoms with E-state index in [0.717, 1.165) is 12.8 Å². The predicted molar refractivity (Wildman–Crippen MR) is 62.0 cm³/mol. The molecular formula is C11H21N3O2. The first-order chi connectivity index (χ1) is 7.59. The lowest BCUT2D eigenvalue weighted by Crippen LogP contribution is -2.31. The third-order valence-corrected chi connectivity index (χ3v) is 2.49. The quantitative estimate of drug-likeness (QED) is 0.588. The SMILES string of the molecule is CN(C)C(=O)CCNCCC(=O)NC1CC1. The topological polar surface area (TPSA) is 61.4 Å². The molecule has 16 heavy (non-hydrogen) atoms. The van der Waals surface area contributed by atoms with E-state index in [1.165, 1.54) is 0 Å². The van der Waals surface area contributed by atoms with Gasteiger partial charge in [0.05, 0.1) is 0 Å². The Morgan fingerprint density at radius 2 is 1.81 bits per heavy atom. The average Bonchev–Trinajstić information content (AvgIpc) is 3.00. The van der Waals surface area contributed by atoms with E-state index in [-0.39, 0.29) is 11.8 Å². The molecule has 1 rings (SSSR count). The second-order valence-corrected chi connectivity index (χ2v) is 4.38. The van der Waals surface area contributed by atoms with Gasteiger partial charge in [0.2, 0.25) is 11.8 Å². The minimum Gasteiger partial charge on any atom is -0.353 e. The number of amides is 2. The molecule has 0 spiro atoms. The molecule has 1 saturated carbocycles. The molecule has 0 atom stereocenters. The predicted octanol–water partition coefficient (Wildman–Crippen LogP) is -0.277. The van der Waals surface area contributed by atoms with Gasteiger partial charge in [-0.1, -0.05) is 0 Å². The van der Waals surface area contributed by atoms with Crippen molar-refractivity contribution in [1.29, 1.82) is 0 Å². The van der Waals surface area contributed by atoms with Crippen LogP contribution in [0.15, 0.2) is 0 Å². The molecule has 0 saturated heterocycles. The molecule has 0 aromatic carbocycles. The van der Waals surface area contributed by atoms with Gasteiger partial charge in [0.15, 0.2) is 0 Å². The highest BCUT2D eigenvalue weighted by atomic mass is 16.2. The van der Waals surface area contributed by atoms with Gasteiger partial charge >= 0.3 is 0 Å². The molecule has 5 nitrogen and oxygen atoms in total. The fourth-order valence-corrected chi connectivity index (χ4v) is 1.27. The van der Waals surface area contributed by atoms with Crippen molar-refractivity contribution in [3.8, 4) is 0 Å². The van der Waals surface area contributed by atoms with Crippen LogP contribution >= 0.6 is 0 Å². The van der Waals surface area contributed by atoms with E-state index in [4.69, 9.17) is 0 Å². The Hall–Kier alpha value is -1.10. The summed E-state index contributed by atoms with van der Waals surface area (Å²) in [5.74, 6) is 0.212. The second kappa shape index (κ2) is 6.48. The Kier molecular flexibility index (Phi) is 5.25. The maximum absolute atomic E-state index is 11.3. The summed E-state index contributed by atoms with van der Waals surface area (Å²) in [5, 5.41) is 6.01. The Morgan fingerprint density at radius 3 is 2.38 bits per heavy atom. The molecule has 0 aromatic rings. The molecule has 5 heteroatoms. The monoisotopic (exact) mass is 227 g/mol. The van der Waals surface area contributed by atoms with E-state index in [9.17, 15) is 9.59 Å². The lowest BCUT2D eigenvalue weighted by atomic mass is 10.3. The standard InChI is InChI=1S/C11H21N3O2/c1-14(2)11(16)6-8-12-7-5-10(15)13-9-3-4-9/h9,12H,3-8H2,1-2H3,(H,13,15). The van der Waals surface area contributed by atoms with Crippen molar-refractivity contribution < 1.29 is 9.59 Å². The third kappa shape index (κ3) is 5.70. The molecule has 0 heterocycles. The molecular weight excluding hydrogens is 206 g/mol. The van der Waals surface area contributed by atoms with Gasteiger partial charge in [-0.05, 0) is 12.8 Å². The van der Waals surface area contributed by atoms with Gasteiger partial charge in [-0.15, -0.1) is 0 Å². The zero-order valence-corrected chi connectivity index (χ0v) is 10.1. The lowest BCUT2D eigenvalue weighted by Gasteiger charge is -2.10. The van der Waals surface area contributed by atoms with Crippen molar-refractivity contribution in [3.63, 3.8) is 0 Å². The molecule has 0 aromatic heterocycles. The summed E-state index contributed by atoms with van der Waals surface area (Å²) < 4.78 is 0. The number of nitrogens with one attached hydrogen (secondary N) is 2. The zero-order chi connectivity index (χ0) is 12.0. The van der Waals surface area contributed by atoms with E-state index in [1.54, 1.807) is 19.0 Å². The van der Waals surface area contributed by atoms with Crippen LogP contribution in [0, 0.1) is 0 Å². The van der Waals surface area contributed by atoms with Crippen LogP contribution in [0.3, 0.4) is 0 Å². The molecule has 0 bridgehead atoms. The fraction of sp³-hybridized carbons (Fsp3) is 0.818. The largest absolute Gasteiger partial charge is 0.353 e. The molecule has 1 aliphatic rings. The van der Waals surface area contributed by atoms with E-state index < -0.39 is 0 Å². The first-order valence-corrected chi connectivity index (χ1v) is 5.80. The molecule has 0 unspecified atom stereocenters. The molecule has 2 amide bonds. The van der Waals surface area contributed by atoms with Crippen LogP contribution in [-0.2, 0) is 9.59 Å². The van der Waals surface area contributed by atoms with Gasteiger partial charge < -0.3 is 15.5 Å². The summed E-state index contributed by atoms with van der Waals surface area (Å²) >= 11 is 0. The van der Waals surface area contributed by atoms with Gasteiger partial charge in [-0.25, -0.2) is 0 Å². The van der Waals surface area contributed by atoms with Gasteiger partial charge in [-0.3, -0.25) is 9.59 Å². The zero-order valence-electron chi connectivity index (χ0n) is 10.1. The van der Waals surface area contributed by atoms with Crippen molar-refractivity contribution in [3.05, 3.63) is 0 Å². The van der Waals surface area contributed by atoms with Gasteiger partial charge in [0, 0.05) is 46.1 Å². The highest BCUT2D eigenvalue weighted by Crippen LogP contribution is 2.18. The van der Waals surface area contributed by atoms with Crippen molar-refractivity contribution in [1.82, 2.24) is 15.5 Å². The van der Waals surface area contributed by atoms with Crippen molar-refractivity contribution in [2.24, 2.45) is 0 Å². The van der Waals surface area contributed by atoms with E-state index in [0.29, 0.717) is 32.0 Å². The van der Waals surface area contributed by atoms with Crippen LogP contribution in [0.4, 0.5) is 0 Å². The Bertz CT molecular complexity index is 250. The molecule has 1 aliphatic carbocycles. The van der Waals surface area contributed by atoms with E-state index in [1.807, 2.05) is 0 Å². The molecule has 0 radical (unpaired) electrons. The van der Waals surface area contributed by atoms with Gasteiger partial charge in [0.1, 0.15) is 0 Å². The van der Waals surface area contributed by atoms with Crippen molar-refractivity contribution >= 4 is 11.8 Å². The lowest BCUT2D eigenvalue weighted by molar-refractivity contribution is -0.128. The van der Waals surface area contributed by atoms with E-state index >= 15 is 0 Å². The maximum atomic E-state index is 11.3. The van der Waals surface area contributed by atoms with Gasteiger partial charge in [-0.2, -0.15) is 0 Å². The highest BCUT2D eigenvalue weighted by Gasteiger charge is 2.22. The summed E-state index contributed by atoms with van der Waals surface area (Å²) in [6, 6.07) is 0.433. The van der Waals surface area contributed by atoms with Crippen LogP contribution in [0.2, 0.25) is 0 Å². The molecule has 1 fully saturated rings. The summed E-state index contributed by atoms with van der Waals surface area (Å²) in [4.78, 5) is 24.0. The van der Waals surface area contributed by atoms with E-state index in [2.05, 4.69) is 10.6 Å². The highest BCUT2D eigenvalue weighted by molar-refractivity contribution is 5.77. The number of carbonyl (C=O) groups excluding carboxylic acids is 2. The van der Waals surface area contributed by atoms with Crippen LogP contribution in [-0.4, -0.2) is 49.9 Å². The van der Waals surface area contributed by atoms with Crippen molar-refractivity contribution in [2.75, 3.05) is 27.2 Å². The normalized spacial score (nSPS) is 14.6. The van der Waals surface area contributed by atoms with Gasteiger partial charge in [0.25, 0.3) is 0 Å². The van der Waals surface area contributed by atoms with Crippen LogP contribution in [0.5, 0.6) is 0 Å². The molecule has 2 N–H and O–H groups in total. The first-order valence-electron chi connectivity index (χ1n) is 5.80. The third-order valence-electron chi connectivity index (χ3n) is 2.49. The minimum atomic E-state index is 0.105. The Balaban J connectivity index is 1.90. The summed E-state index contributed by atoms with van der Waals surface area (Å²) in [6.45, 7) is 1.27. The number of carbonyl (C=O) groups is 2. The first kappa shape index (κ1) is 13.0. The maximum Gasteiger partial charge on any atom is 0.223 e. The smallest absolute Gasteiger partial charge is 0.223 e. The average molecular weight is 227 g/mol. The Morgan fingerprint density at radius 1 is 1.19 bits per heavy atom. The second-order valence-electron chi connectivity index (χ2n) is 4.38. The van der Waals surface area contributed by atoms with Crippen LogP contribution in [0.25, 0.3) is 0 Å². The molecule has 92 valence electrons. The molecule has 0 aliphatic heterocycles. The number of nitrogens with zero attached hydrogens (tertiary/aromatic N) is 1. The number of hydrogen-bond donors (Lipinski definition) is 2. The minimum absolute atomic E-state index is 0.105. The van der Waals surface area contributed by atoms with Crippen LogP contribution < -0.4 is 10.6 Å².